The van der Waals surface area contributed by atoms with Gasteiger partial charge in [-0.1, -0.05) is 41.9 Å². The summed E-state index contributed by atoms with van der Waals surface area (Å²) in [5.74, 6) is 1.26. The number of carbonyl (C=O) groups excluding carboxylic acids is 1. The summed E-state index contributed by atoms with van der Waals surface area (Å²) >= 11 is 0. The molecular formula is C19H22N6O2. The van der Waals surface area contributed by atoms with Gasteiger partial charge in [0.05, 0.1) is 12.2 Å². The van der Waals surface area contributed by atoms with Crippen molar-refractivity contribution in [1.29, 1.82) is 0 Å². The molecule has 1 atom stereocenters. The summed E-state index contributed by atoms with van der Waals surface area (Å²) in [6.45, 7) is 7.32. The van der Waals surface area contributed by atoms with Crippen molar-refractivity contribution < 1.29 is 9.32 Å². The fourth-order valence-electron chi connectivity index (χ4n) is 3.15. The minimum atomic E-state index is 0.0521. The van der Waals surface area contributed by atoms with Crippen molar-refractivity contribution in [1.82, 2.24) is 30.0 Å². The zero-order valence-electron chi connectivity index (χ0n) is 15.7. The lowest BCUT2D eigenvalue weighted by atomic mass is 10.1. The SMILES string of the molecule is Cc1ccc(C(=O)N2CC[C@@H](n3cc(-c4nc(C(C)C)no4)nn3)C2)cc1. The molecule has 1 fully saturated rings. The third-order valence-corrected chi connectivity index (χ3v) is 4.81. The van der Waals surface area contributed by atoms with Crippen molar-refractivity contribution in [2.75, 3.05) is 13.1 Å². The number of carbonyl (C=O) groups is 1. The summed E-state index contributed by atoms with van der Waals surface area (Å²) in [6.07, 6.45) is 2.64. The average Bonchev–Trinajstić information content (AvgIpc) is 3.40. The van der Waals surface area contributed by atoms with Crippen LogP contribution >= 0.6 is 0 Å². The van der Waals surface area contributed by atoms with Gasteiger partial charge in [0.25, 0.3) is 11.8 Å². The molecule has 0 radical (unpaired) electrons. The summed E-state index contributed by atoms with van der Waals surface area (Å²) in [4.78, 5) is 18.9. The number of benzene rings is 1. The van der Waals surface area contributed by atoms with Crippen LogP contribution in [0, 0.1) is 6.92 Å². The van der Waals surface area contributed by atoms with E-state index < -0.39 is 0 Å². The van der Waals surface area contributed by atoms with Crippen molar-refractivity contribution in [3.8, 4) is 11.6 Å². The van der Waals surface area contributed by atoms with E-state index in [0.29, 0.717) is 36.1 Å². The van der Waals surface area contributed by atoms with E-state index in [1.54, 1.807) is 4.68 Å². The molecule has 1 saturated heterocycles. The molecule has 140 valence electrons. The largest absolute Gasteiger partial charge is 0.336 e. The molecule has 0 unspecified atom stereocenters. The molecule has 0 N–H and O–H groups in total. The van der Waals surface area contributed by atoms with Gasteiger partial charge in [0.2, 0.25) is 0 Å². The second-order valence-electron chi connectivity index (χ2n) is 7.26. The molecule has 1 aliphatic rings. The lowest BCUT2D eigenvalue weighted by Crippen LogP contribution is -2.29. The third kappa shape index (κ3) is 3.47. The van der Waals surface area contributed by atoms with E-state index in [1.165, 1.54) is 0 Å². The Bertz CT molecular complexity index is 943. The second kappa shape index (κ2) is 6.94. The van der Waals surface area contributed by atoms with Crippen LogP contribution in [0.3, 0.4) is 0 Å². The topological polar surface area (TPSA) is 89.9 Å². The summed E-state index contributed by atoms with van der Waals surface area (Å²) in [6, 6.07) is 7.76. The zero-order valence-corrected chi connectivity index (χ0v) is 15.7. The van der Waals surface area contributed by atoms with Crippen molar-refractivity contribution in [2.24, 2.45) is 0 Å². The van der Waals surface area contributed by atoms with E-state index in [9.17, 15) is 4.79 Å². The second-order valence-corrected chi connectivity index (χ2v) is 7.26. The van der Waals surface area contributed by atoms with Gasteiger partial charge in [0, 0.05) is 24.6 Å². The minimum absolute atomic E-state index is 0.0521. The molecule has 0 aliphatic carbocycles. The van der Waals surface area contributed by atoms with Gasteiger partial charge < -0.3 is 9.42 Å². The number of aromatic nitrogens is 5. The molecule has 27 heavy (non-hydrogen) atoms. The number of amides is 1. The zero-order chi connectivity index (χ0) is 19.0. The Morgan fingerprint density at radius 1 is 1.26 bits per heavy atom. The van der Waals surface area contributed by atoms with Gasteiger partial charge in [0.15, 0.2) is 11.5 Å². The van der Waals surface area contributed by atoms with Crippen molar-refractivity contribution in [3.63, 3.8) is 0 Å². The van der Waals surface area contributed by atoms with Gasteiger partial charge in [-0.3, -0.25) is 4.79 Å². The summed E-state index contributed by atoms with van der Waals surface area (Å²) < 4.78 is 7.06. The minimum Gasteiger partial charge on any atom is -0.336 e. The maximum atomic E-state index is 12.7. The third-order valence-electron chi connectivity index (χ3n) is 4.81. The monoisotopic (exact) mass is 366 g/mol. The summed E-state index contributed by atoms with van der Waals surface area (Å²) in [7, 11) is 0. The standard InChI is InChI=1S/C19H22N6O2/c1-12(2)17-20-18(27-22-17)16-11-25(23-21-16)15-8-9-24(10-15)19(26)14-6-4-13(3)5-7-14/h4-7,11-12,15H,8-10H2,1-3H3/t15-/m1/s1. The number of likely N-dealkylation sites (tertiary alicyclic amines) is 1. The van der Waals surface area contributed by atoms with Gasteiger partial charge in [-0.05, 0) is 25.5 Å². The first-order chi connectivity index (χ1) is 13.0. The predicted octanol–water partition coefficient (Wildman–Crippen LogP) is 2.85. The predicted molar refractivity (Wildman–Crippen MR) is 98.1 cm³/mol. The summed E-state index contributed by atoms with van der Waals surface area (Å²) in [5, 5.41) is 12.3. The Hall–Kier alpha value is -3.03. The first-order valence-corrected chi connectivity index (χ1v) is 9.13. The van der Waals surface area contributed by atoms with Crippen molar-refractivity contribution in [2.45, 2.75) is 39.2 Å². The van der Waals surface area contributed by atoms with E-state index in [4.69, 9.17) is 4.52 Å². The van der Waals surface area contributed by atoms with E-state index in [1.807, 2.05) is 56.1 Å². The molecule has 1 aliphatic heterocycles. The molecule has 8 heteroatoms. The molecule has 1 amide bonds. The molecule has 3 heterocycles. The Labute approximate surface area is 157 Å². The highest BCUT2D eigenvalue weighted by Gasteiger charge is 2.29. The molecule has 1 aromatic carbocycles. The van der Waals surface area contributed by atoms with Crippen LogP contribution in [0.1, 0.15) is 54.0 Å². The molecule has 0 spiro atoms. The number of hydrogen-bond donors (Lipinski definition) is 0. The highest BCUT2D eigenvalue weighted by Crippen LogP contribution is 2.25. The van der Waals surface area contributed by atoms with Crippen LogP contribution in [0.4, 0.5) is 0 Å². The lowest BCUT2D eigenvalue weighted by Gasteiger charge is -2.16. The first-order valence-electron chi connectivity index (χ1n) is 9.13. The Kier molecular flexibility index (Phi) is 4.47. The smallest absolute Gasteiger partial charge is 0.280 e. The van der Waals surface area contributed by atoms with Gasteiger partial charge in [-0.2, -0.15) is 4.98 Å². The Balaban J connectivity index is 1.45. The van der Waals surface area contributed by atoms with Crippen molar-refractivity contribution >= 4 is 5.91 Å². The van der Waals surface area contributed by atoms with Gasteiger partial charge in [0.1, 0.15) is 0 Å². The Morgan fingerprint density at radius 2 is 2.04 bits per heavy atom. The van der Waals surface area contributed by atoms with Gasteiger partial charge in [-0.15, -0.1) is 5.10 Å². The molecule has 0 bridgehead atoms. The Morgan fingerprint density at radius 3 is 2.74 bits per heavy atom. The normalized spacial score (nSPS) is 17.0. The van der Waals surface area contributed by atoms with Crippen LogP contribution in [0.25, 0.3) is 11.6 Å². The van der Waals surface area contributed by atoms with E-state index in [0.717, 1.165) is 12.0 Å². The van der Waals surface area contributed by atoms with Crippen LogP contribution in [-0.2, 0) is 0 Å². The molecule has 8 nitrogen and oxygen atoms in total. The van der Waals surface area contributed by atoms with Crippen LogP contribution in [0.15, 0.2) is 35.0 Å². The van der Waals surface area contributed by atoms with Crippen LogP contribution in [0.5, 0.6) is 0 Å². The number of rotatable bonds is 4. The van der Waals surface area contributed by atoms with Gasteiger partial charge in [-0.25, -0.2) is 4.68 Å². The molecule has 4 rings (SSSR count). The fourth-order valence-corrected chi connectivity index (χ4v) is 3.15. The fraction of sp³-hybridized carbons (Fsp3) is 0.421. The maximum Gasteiger partial charge on any atom is 0.280 e. The highest BCUT2D eigenvalue weighted by atomic mass is 16.5. The summed E-state index contributed by atoms with van der Waals surface area (Å²) in [5.41, 5.74) is 2.41. The molecule has 0 saturated carbocycles. The highest BCUT2D eigenvalue weighted by molar-refractivity contribution is 5.94. The molecule has 3 aromatic rings. The maximum absolute atomic E-state index is 12.7. The quantitative estimate of drug-likeness (QED) is 0.705. The van der Waals surface area contributed by atoms with Crippen LogP contribution < -0.4 is 0 Å². The molecular weight excluding hydrogens is 344 g/mol. The number of nitrogens with zero attached hydrogens (tertiary/aromatic N) is 6. The lowest BCUT2D eigenvalue weighted by molar-refractivity contribution is 0.0787. The molecule has 2 aromatic heterocycles. The van der Waals surface area contributed by atoms with Crippen LogP contribution in [-0.4, -0.2) is 49.0 Å². The van der Waals surface area contributed by atoms with Crippen molar-refractivity contribution in [3.05, 3.63) is 47.4 Å². The number of hydrogen-bond acceptors (Lipinski definition) is 6. The van der Waals surface area contributed by atoms with E-state index >= 15 is 0 Å². The first kappa shape index (κ1) is 17.4. The van der Waals surface area contributed by atoms with Crippen LogP contribution in [0.2, 0.25) is 0 Å². The van der Waals surface area contributed by atoms with E-state index in [-0.39, 0.29) is 17.9 Å². The number of aryl methyl sites for hydroxylation is 1. The van der Waals surface area contributed by atoms with Gasteiger partial charge >= 0.3 is 0 Å². The average molecular weight is 366 g/mol. The van der Waals surface area contributed by atoms with E-state index in [2.05, 4.69) is 20.5 Å².